The van der Waals surface area contributed by atoms with Crippen molar-refractivity contribution in [3.8, 4) is 0 Å². The predicted molar refractivity (Wildman–Crippen MR) is 98.0 cm³/mol. The molecule has 1 atom stereocenters. The molecule has 0 aliphatic heterocycles. The lowest BCUT2D eigenvalue weighted by atomic mass is 10.1. The van der Waals surface area contributed by atoms with Crippen LogP contribution in [0.3, 0.4) is 0 Å². The van der Waals surface area contributed by atoms with E-state index in [0.29, 0.717) is 6.54 Å². The minimum Gasteiger partial charge on any atom is -0.383 e. The van der Waals surface area contributed by atoms with E-state index in [9.17, 15) is 9.90 Å². The molecule has 24 heavy (non-hydrogen) atoms. The Kier molecular flexibility index (Phi) is 6.36. The molecule has 0 aliphatic carbocycles. The number of aliphatic hydroxyl groups is 1. The normalized spacial score (nSPS) is 13.5. The van der Waals surface area contributed by atoms with Gasteiger partial charge in [0, 0.05) is 18.0 Å². The molecule has 0 spiro atoms. The molecular formula is C18H25N3O2S. The topological polar surface area (TPSA) is 64.6 Å². The van der Waals surface area contributed by atoms with Gasteiger partial charge in [-0.3, -0.25) is 0 Å². The highest BCUT2D eigenvalue weighted by Crippen LogP contribution is 2.24. The smallest absolute Gasteiger partial charge is 0.315 e. The summed E-state index contributed by atoms with van der Waals surface area (Å²) in [6.45, 7) is 3.21. The Morgan fingerprint density at radius 2 is 1.83 bits per heavy atom. The Hall–Kier alpha value is -1.89. The van der Waals surface area contributed by atoms with E-state index in [1.54, 1.807) is 6.92 Å². The Morgan fingerprint density at radius 3 is 2.42 bits per heavy atom. The Labute approximate surface area is 147 Å². The molecule has 1 aromatic carbocycles. The van der Waals surface area contributed by atoms with Crippen molar-refractivity contribution in [2.45, 2.75) is 25.6 Å². The number of nitrogens with zero attached hydrogens (tertiary/aromatic N) is 1. The molecule has 0 saturated heterocycles. The summed E-state index contributed by atoms with van der Waals surface area (Å²) in [6.07, 6.45) is 0. The first-order chi connectivity index (χ1) is 11.4. The van der Waals surface area contributed by atoms with Gasteiger partial charge in [-0.1, -0.05) is 30.3 Å². The Morgan fingerprint density at radius 1 is 1.17 bits per heavy atom. The highest BCUT2D eigenvalue weighted by atomic mass is 32.1. The second kappa shape index (κ2) is 8.28. The SMILES string of the molecule is CN(C)Cc1ccc(CNC(=O)NCC(C)(O)c2cccs2)cc1. The fourth-order valence-corrected chi connectivity index (χ4v) is 3.08. The molecule has 1 heterocycles. The number of hydrogen-bond donors (Lipinski definition) is 3. The van der Waals surface area contributed by atoms with Crippen molar-refractivity contribution in [2.75, 3.05) is 20.6 Å². The molecule has 0 fully saturated rings. The molecule has 1 unspecified atom stereocenters. The van der Waals surface area contributed by atoms with E-state index in [0.717, 1.165) is 17.0 Å². The zero-order valence-electron chi connectivity index (χ0n) is 14.4. The summed E-state index contributed by atoms with van der Waals surface area (Å²) < 4.78 is 0. The minimum absolute atomic E-state index is 0.168. The second-order valence-corrected chi connectivity index (χ2v) is 7.29. The van der Waals surface area contributed by atoms with Crippen LogP contribution in [0.5, 0.6) is 0 Å². The number of carbonyl (C=O) groups excluding carboxylic acids is 1. The van der Waals surface area contributed by atoms with Crippen LogP contribution in [0, 0.1) is 0 Å². The van der Waals surface area contributed by atoms with Crippen LogP contribution in [0.4, 0.5) is 4.79 Å². The lowest BCUT2D eigenvalue weighted by Gasteiger charge is -2.22. The summed E-state index contributed by atoms with van der Waals surface area (Å²) in [6, 6.07) is 11.6. The van der Waals surface area contributed by atoms with Crippen molar-refractivity contribution in [1.82, 2.24) is 15.5 Å². The summed E-state index contributed by atoms with van der Waals surface area (Å²) in [4.78, 5) is 14.9. The number of hydrogen-bond acceptors (Lipinski definition) is 4. The summed E-state index contributed by atoms with van der Waals surface area (Å²) in [5.41, 5.74) is 1.22. The van der Waals surface area contributed by atoms with Crippen LogP contribution in [-0.2, 0) is 18.7 Å². The number of benzene rings is 1. The van der Waals surface area contributed by atoms with Gasteiger partial charge in [0.1, 0.15) is 5.60 Å². The predicted octanol–water partition coefficient (Wildman–Crippen LogP) is 2.52. The van der Waals surface area contributed by atoms with E-state index in [1.807, 2.05) is 43.7 Å². The highest BCUT2D eigenvalue weighted by molar-refractivity contribution is 7.10. The molecule has 0 bridgehead atoms. The van der Waals surface area contributed by atoms with E-state index < -0.39 is 5.60 Å². The monoisotopic (exact) mass is 347 g/mol. The van der Waals surface area contributed by atoms with Gasteiger partial charge < -0.3 is 20.6 Å². The first-order valence-corrected chi connectivity index (χ1v) is 8.75. The van der Waals surface area contributed by atoms with E-state index in [1.165, 1.54) is 16.9 Å². The highest BCUT2D eigenvalue weighted by Gasteiger charge is 2.24. The third-order valence-electron chi connectivity index (χ3n) is 3.62. The maximum Gasteiger partial charge on any atom is 0.315 e. The third-order valence-corrected chi connectivity index (χ3v) is 4.74. The minimum atomic E-state index is -1.06. The summed E-state index contributed by atoms with van der Waals surface area (Å²) in [5, 5.41) is 17.8. The maximum absolute atomic E-state index is 11.9. The quantitative estimate of drug-likeness (QED) is 0.721. The molecule has 0 aliphatic rings. The van der Waals surface area contributed by atoms with Crippen LogP contribution in [0.2, 0.25) is 0 Å². The number of urea groups is 1. The Bertz CT molecular complexity index is 637. The van der Waals surface area contributed by atoms with Crippen LogP contribution in [0.1, 0.15) is 22.9 Å². The van der Waals surface area contributed by atoms with E-state index >= 15 is 0 Å². The number of carbonyl (C=O) groups is 1. The van der Waals surface area contributed by atoms with Crippen molar-refractivity contribution < 1.29 is 9.90 Å². The third kappa shape index (κ3) is 5.63. The summed E-state index contributed by atoms with van der Waals surface area (Å²) >= 11 is 1.47. The standard InChI is InChI=1S/C18H25N3O2S/c1-18(23,16-5-4-10-24-16)13-20-17(22)19-11-14-6-8-15(9-7-14)12-21(2)3/h4-10,23H,11-13H2,1-3H3,(H2,19,20,22). The van der Waals surface area contributed by atoms with Crippen LogP contribution < -0.4 is 10.6 Å². The molecule has 3 N–H and O–H groups in total. The van der Waals surface area contributed by atoms with Crippen molar-refractivity contribution >= 4 is 17.4 Å². The molecular weight excluding hydrogens is 322 g/mol. The van der Waals surface area contributed by atoms with Gasteiger partial charge in [0.25, 0.3) is 0 Å². The van der Waals surface area contributed by atoms with Gasteiger partial charge in [-0.05, 0) is 43.6 Å². The zero-order chi connectivity index (χ0) is 17.6. The molecule has 130 valence electrons. The van der Waals surface area contributed by atoms with Crippen LogP contribution in [0.25, 0.3) is 0 Å². The van der Waals surface area contributed by atoms with Crippen molar-refractivity contribution in [3.05, 3.63) is 57.8 Å². The molecule has 1 aromatic heterocycles. The number of nitrogens with one attached hydrogen (secondary N) is 2. The van der Waals surface area contributed by atoms with Crippen LogP contribution in [-0.4, -0.2) is 36.7 Å². The average molecular weight is 347 g/mol. The van der Waals surface area contributed by atoms with Gasteiger partial charge in [-0.15, -0.1) is 11.3 Å². The largest absolute Gasteiger partial charge is 0.383 e. The van der Waals surface area contributed by atoms with Gasteiger partial charge in [-0.2, -0.15) is 0 Å². The molecule has 6 heteroatoms. The fourth-order valence-electron chi connectivity index (χ4n) is 2.30. The lowest BCUT2D eigenvalue weighted by Crippen LogP contribution is -2.42. The molecule has 2 aromatic rings. The van der Waals surface area contributed by atoms with E-state index in [2.05, 4.69) is 27.7 Å². The molecule has 0 radical (unpaired) electrons. The van der Waals surface area contributed by atoms with Gasteiger partial charge in [-0.25, -0.2) is 4.79 Å². The first kappa shape index (κ1) is 18.4. The van der Waals surface area contributed by atoms with Crippen LogP contribution >= 0.6 is 11.3 Å². The van der Waals surface area contributed by atoms with Crippen molar-refractivity contribution in [3.63, 3.8) is 0 Å². The number of amides is 2. The maximum atomic E-state index is 11.9. The van der Waals surface area contributed by atoms with Gasteiger partial charge in [0.05, 0.1) is 6.54 Å². The number of rotatable bonds is 7. The summed E-state index contributed by atoms with van der Waals surface area (Å²) in [7, 11) is 4.07. The average Bonchev–Trinajstić information content (AvgIpc) is 3.07. The summed E-state index contributed by atoms with van der Waals surface area (Å²) in [5.74, 6) is 0. The molecule has 5 nitrogen and oxygen atoms in total. The second-order valence-electron chi connectivity index (χ2n) is 6.34. The molecule has 2 rings (SSSR count). The van der Waals surface area contributed by atoms with E-state index in [4.69, 9.17) is 0 Å². The first-order valence-electron chi connectivity index (χ1n) is 7.87. The lowest BCUT2D eigenvalue weighted by molar-refractivity contribution is 0.0631. The van der Waals surface area contributed by atoms with E-state index in [-0.39, 0.29) is 12.6 Å². The number of thiophene rings is 1. The fraction of sp³-hybridized carbons (Fsp3) is 0.389. The molecule has 0 saturated carbocycles. The van der Waals surface area contributed by atoms with Crippen LogP contribution in [0.15, 0.2) is 41.8 Å². The molecule has 2 amide bonds. The van der Waals surface area contributed by atoms with Gasteiger partial charge in [0.2, 0.25) is 0 Å². The van der Waals surface area contributed by atoms with Gasteiger partial charge in [0.15, 0.2) is 0 Å². The Balaban J connectivity index is 1.77. The van der Waals surface area contributed by atoms with Gasteiger partial charge >= 0.3 is 6.03 Å². The van der Waals surface area contributed by atoms with Crippen molar-refractivity contribution in [1.29, 1.82) is 0 Å². The van der Waals surface area contributed by atoms with Crippen molar-refractivity contribution in [2.24, 2.45) is 0 Å². The zero-order valence-corrected chi connectivity index (χ0v) is 15.2.